The predicted molar refractivity (Wildman–Crippen MR) is 247 cm³/mol. The van der Waals surface area contributed by atoms with E-state index >= 15 is 0 Å². The molecule has 0 spiro atoms. The van der Waals surface area contributed by atoms with Gasteiger partial charge in [-0.25, -0.2) is 19.6 Å². The fourth-order valence-electron chi connectivity index (χ4n) is 10.8. The number of carbonyl (C=O) groups is 3. The van der Waals surface area contributed by atoms with Crippen molar-refractivity contribution >= 4 is 39.9 Å². The van der Waals surface area contributed by atoms with Gasteiger partial charge in [-0.05, 0) is 104 Å². The normalized spacial score (nSPS) is 22.1. The van der Waals surface area contributed by atoms with Crippen LogP contribution in [-0.2, 0) is 19.0 Å². The van der Waals surface area contributed by atoms with Crippen LogP contribution in [0.3, 0.4) is 0 Å². The number of aromatic amines is 2. The van der Waals surface area contributed by atoms with Crippen LogP contribution in [0.1, 0.15) is 91.4 Å². The number of imidazole rings is 2. The average molecular weight is 891 g/mol. The van der Waals surface area contributed by atoms with Gasteiger partial charge in [0.15, 0.2) is 0 Å². The number of hydrogen-bond acceptors (Lipinski definition) is 10. The molecule has 3 saturated heterocycles. The number of carbonyl (C=O) groups excluding carboxylic acids is 3. The lowest BCUT2D eigenvalue weighted by Gasteiger charge is -2.39. The maximum absolute atomic E-state index is 14.5. The maximum atomic E-state index is 14.5. The largest absolute Gasteiger partial charge is 0.453 e. The topological polar surface area (TPSA) is 187 Å². The number of rotatable bonds is 10. The molecule has 5 N–H and O–H groups in total. The molecule has 1 unspecified atom stereocenters. The molecule has 10 rings (SSSR count). The Bertz CT molecular complexity index is 2790. The molecule has 4 aliphatic rings. The van der Waals surface area contributed by atoms with Crippen molar-refractivity contribution in [3.8, 4) is 23.1 Å². The van der Waals surface area contributed by atoms with Crippen LogP contribution in [0.2, 0.25) is 0 Å². The lowest BCUT2D eigenvalue weighted by molar-refractivity contribution is -0.140. The van der Waals surface area contributed by atoms with Crippen LogP contribution >= 0.6 is 0 Å². The van der Waals surface area contributed by atoms with Gasteiger partial charge in [0.2, 0.25) is 5.91 Å². The number of H-pyrrole nitrogens is 2. The zero-order valence-corrected chi connectivity index (χ0v) is 37.0. The van der Waals surface area contributed by atoms with Crippen LogP contribution in [0.4, 0.5) is 9.59 Å². The first-order valence-corrected chi connectivity index (χ1v) is 22.9. The molecule has 4 fully saturated rings. The summed E-state index contributed by atoms with van der Waals surface area (Å²) < 4.78 is 15.4. The van der Waals surface area contributed by atoms with Gasteiger partial charge in [-0.2, -0.15) is 0 Å². The Hall–Kier alpha value is -6.73. The van der Waals surface area contributed by atoms with Crippen molar-refractivity contribution in [1.82, 2.24) is 40.4 Å². The number of fused-ring (bicyclic) bond motifs is 5. The number of nitrogens with one attached hydrogen (secondary N) is 4. The maximum Gasteiger partial charge on any atom is 0.407 e. The first-order valence-electron chi connectivity index (χ1n) is 22.9. The number of hydrogen-bond donors (Lipinski definition) is 5. The Labute approximate surface area is 382 Å². The highest BCUT2D eigenvalue weighted by Gasteiger charge is 2.52. The molecular formula is C51H54N8O7. The summed E-state index contributed by atoms with van der Waals surface area (Å²) in [7, 11) is 2.63. The number of aliphatic hydroxyl groups is 1. The summed E-state index contributed by atoms with van der Waals surface area (Å²) in [5, 5.41) is 19.4. The Morgan fingerprint density at radius 3 is 2.39 bits per heavy atom. The van der Waals surface area contributed by atoms with Gasteiger partial charge >= 0.3 is 12.2 Å². The minimum atomic E-state index is -1.00. The smallest absolute Gasteiger partial charge is 0.407 e. The minimum Gasteiger partial charge on any atom is -0.453 e. The van der Waals surface area contributed by atoms with Gasteiger partial charge < -0.3 is 44.8 Å². The summed E-state index contributed by atoms with van der Waals surface area (Å²) in [6.07, 6.45) is 5.56. The molecule has 340 valence electrons. The summed E-state index contributed by atoms with van der Waals surface area (Å²) in [5.74, 6) is 8.38. The second kappa shape index (κ2) is 18.6. The summed E-state index contributed by atoms with van der Waals surface area (Å²) in [6.45, 7) is 1.77. The van der Waals surface area contributed by atoms with Crippen LogP contribution in [0.25, 0.3) is 33.1 Å². The molecule has 5 heterocycles. The first-order chi connectivity index (χ1) is 32.3. The van der Waals surface area contributed by atoms with E-state index in [9.17, 15) is 19.5 Å². The molecule has 15 nitrogen and oxygen atoms in total. The first kappa shape index (κ1) is 43.2. The quantitative estimate of drug-likeness (QED) is 0.0877. The molecule has 15 heteroatoms. The molecule has 3 amide bonds. The Morgan fingerprint density at radius 1 is 0.848 bits per heavy atom. The number of alkyl carbamates (subject to hydrolysis) is 2. The fourth-order valence-corrected chi connectivity index (χ4v) is 10.8. The van der Waals surface area contributed by atoms with Crippen LogP contribution in [0, 0.1) is 23.7 Å². The van der Waals surface area contributed by atoms with Crippen LogP contribution in [-0.4, -0.2) is 105 Å². The van der Waals surface area contributed by atoms with E-state index in [1.165, 1.54) is 14.2 Å². The lowest BCUT2D eigenvalue weighted by atomic mass is 9.89. The summed E-state index contributed by atoms with van der Waals surface area (Å²) in [4.78, 5) is 60.2. The summed E-state index contributed by atoms with van der Waals surface area (Å²) >= 11 is 0. The molecular weight excluding hydrogens is 837 g/mol. The second-order valence-electron chi connectivity index (χ2n) is 17.8. The number of ether oxygens (including phenoxy) is 3. The number of piperidine rings is 1. The number of likely N-dealkylation sites (tertiary alicyclic amines) is 2. The van der Waals surface area contributed by atoms with Crippen molar-refractivity contribution in [1.29, 1.82) is 0 Å². The van der Waals surface area contributed by atoms with E-state index in [1.54, 1.807) is 0 Å². The predicted octanol–water partition coefficient (Wildman–Crippen LogP) is 7.26. The van der Waals surface area contributed by atoms with Gasteiger partial charge in [-0.1, -0.05) is 66.4 Å². The molecule has 2 bridgehead atoms. The summed E-state index contributed by atoms with van der Waals surface area (Å²) in [5.41, 5.74) is 6.11. The highest BCUT2D eigenvalue weighted by molar-refractivity contribution is 6.04. The van der Waals surface area contributed by atoms with Crippen molar-refractivity contribution in [2.45, 2.75) is 81.4 Å². The van der Waals surface area contributed by atoms with E-state index in [2.05, 4.69) is 50.6 Å². The molecule has 2 aromatic heterocycles. The minimum absolute atomic E-state index is 0.0328. The van der Waals surface area contributed by atoms with Gasteiger partial charge in [-0.15, -0.1) is 0 Å². The van der Waals surface area contributed by atoms with E-state index in [-0.39, 0.29) is 35.9 Å². The third-order valence-electron chi connectivity index (χ3n) is 14.1. The molecule has 7 atom stereocenters. The van der Waals surface area contributed by atoms with E-state index in [0.29, 0.717) is 32.6 Å². The number of amides is 3. The van der Waals surface area contributed by atoms with E-state index in [1.807, 2.05) is 82.7 Å². The molecule has 66 heavy (non-hydrogen) atoms. The second-order valence-corrected chi connectivity index (χ2v) is 17.8. The number of methoxy groups -OCH3 is 2. The monoisotopic (exact) mass is 890 g/mol. The molecule has 6 aromatic rings. The van der Waals surface area contributed by atoms with Crippen LogP contribution in [0.5, 0.6) is 0 Å². The van der Waals surface area contributed by atoms with Crippen LogP contribution in [0.15, 0.2) is 91.1 Å². The Kier molecular flexibility index (Phi) is 12.2. The zero-order valence-electron chi connectivity index (χ0n) is 37.0. The molecule has 0 radical (unpaired) electrons. The average Bonchev–Trinajstić information content (AvgIpc) is 4.23. The highest BCUT2D eigenvalue weighted by atomic mass is 16.5. The zero-order chi connectivity index (χ0) is 45.3. The lowest BCUT2D eigenvalue weighted by Crippen LogP contribution is -2.55. The number of nitrogens with zero attached hydrogens (tertiary/aromatic N) is 4. The molecule has 1 saturated carbocycles. The molecule has 1 aliphatic carbocycles. The standard InChI is InChI=1S/C51H54N8O7/c1-64-50(62)56-42(33-7-4-3-5-8-33)48(60)58-24-6-9-41(58)46-52-29-40(54-46)32-15-12-30(13-16-32)10-11-31-14-20-38-35(27-31)18-21-39-44(38)55-47(53-39)45-36-17-19-37(28-36)59(45)49(61)43(57-51(63)65-2)34-22-25-66-26-23-34/h3-5,7-8,12-16,18,20-21,27,29,34,36-37,41-43,45,48,60H,6,9,17,19,22-26,28H2,1-2H3,(H,52,54)(H,53,55)(H,56,62)(H,57,63)/t36-,37-,41+,42-,43+,45+,48?/m1/s1. The fraction of sp³-hybridized carbons (Fsp3) is 0.392. The van der Waals surface area contributed by atoms with Gasteiger partial charge in [0.25, 0.3) is 0 Å². The van der Waals surface area contributed by atoms with Crippen molar-refractivity contribution in [2.75, 3.05) is 34.0 Å². The van der Waals surface area contributed by atoms with E-state index in [0.717, 1.165) is 93.5 Å². The number of aromatic nitrogens is 4. The van der Waals surface area contributed by atoms with E-state index < -0.39 is 30.5 Å². The number of benzene rings is 4. The highest BCUT2D eigenvalue weighted by Crippen LogP contribution is 2.50. The van der Waals surface area contributed by atoms with Crippen molar-refractivity contribution in [3.63, 3.8) is 0 Å². The van der Waals surface area contributed by atoms with Crippen molar-refractivity contribution in [2.24, 2.45) is 11.8 Å². The van der Waals surface area contributed by atoms with Gasteiger partial charge in [0.05, 0.1) is 55.3 Å². The van der Waals surface area contributed by atoms with E-state index in [4.69, 9.17) is 24.2 Å². The Balaban J connectivity index is 0.835. The van der Waals surface area contributed by atoms with Crippen LogP contribution < -0.4 is 10.6 Å². The third kappa shape index (κ3) is 8.48. The summed E-state index contributed by atoms with van der Waals surface area (Å²) in [6, 6.07) is 26.1. The SMILES string of the molecule is COC(=O)N[C@H](C(=O)N1[C@@H]2CC[C@H](C2)[C@H]1c1nc2ccc3cc(C#Cc4ccc(-c5cnc([C@@H]6CCCN6C(O)[C@H](NC(=O)OC)c6ccccc6)[nH]5)cc4)ccc3c2[nH]1)C1CCOCC1. The van der Waals surface area contributed by atoms with Gasteiger partial charge in [0.1, 0.15) is 23.9 Å². The molecule has 3 aliphatic heterocycles. The Morgan fingerprint density at radius 2 is 1.61 bits per heavy atom. The molecule has 4 aromatic carbocycles. The van der Waals surface area contributed by atoms with Gasteiger partial charge in [0, 0.05) is 42.3 Å². The van der Waals surface area contributed by atoms with Crippen molar-refractivity contribution in [3.05, 3.63) is 119 Å². The third-order valence-corrected chi connectivity index (χ3v) is 14.1. The van der Waals surface area contributed by atoms with Crippen molar-refractivity contribution < 1.29 is 33.7 Å². The van der Waals surface area contributed by atoms with Gasteiger partial charge in [-0.3, -0.25) is 9.69 Å². The number of aliphatic hydroxyl groups excluding tert-OH is 1.